The van der Waals surface area contributed by atoms with Crippen LogP contribution < -0.4 is 15.8 Å². The Morgan fingerprint density at radius 3 is 2.79 bits per heavy atom. The molecule has 1 saturated carbocycles. The number of aryl methyl sites for hydroxylation is 1. The van der Waals surface area contributed by atoms with Crippen molar-refractivity contribution < 1.29 is 9.53 Å². The van der Waals surface area contributed by atoms with Gasteiger partial charge in [-0.05, 0) is 38.0 Å². The number of ether oxygens (including phenoxy) is 1. The molecule has 0 radical (unpaired) electrons. The van der Waals surface area contributed by atoms with Gasteiger partial charge < -0.3 is 20.7 Å². The minimum absolute atomic E-state index is 0.111. The van der Waals surface area contributed by atoms with Gasteiger partial charge in [-0.25, -0.2) is 14.8 Å². The number of hydrogen-bond donors (Lipinski definition) is 2. The monoisotopic (exact) mass is 487 g/mol. The number of anilines is 1. The fourth-order valence-corrected chi connectivity index (χ4v) is 4.32. The highest BCUT2D eigenvalue weighted by atomic mass is 35.5. The van der Waals surface area contributed by atoms with Gasteiger partial charge in [-0.3, -0.25) is 4.68 Å². The number of nitrogens with two attached hydrogens (primary N) is 1. The molecular formula is C22H23Cl2N7O2. The second-order valence-electron chi connectivity index (χ2n) is 8.27. The van der Waals surface area contributed by atoms with E-state index in [4.69, 9.17) is 33.7 Å². The van der Waals surface area contributed by atoms with Crippen LogP contribution in [0.4, 0.5) is 10.7 Å². The molecule has 1 aromatic carbocycles. The largest absolute Gasteiger partial charge is 0.490 e. The van der Waals surface area contributed by atoms with Crippen molar-refractivity contribution in [2.75, 3.05) is 12.3 Å². The standard InChI is InChI=1S/C22H23Cl2N7O2/c1-12-4-5-31(29-12)6-7-33-19-8-14(16(23)9-17(19)24)20-15-10-30(22(32)26-13-2-3-13)11-18(15)27-21(25)28-20/h4-5,8-9,13H,2-3,6-7,10-11H2,1H3,(H,26,32)(H2,25,27,28). The van der Waals surface area contributed by atoms with E-state index in [1.165, 1.54) is 0 Å². The number of urea groups is 1. The number of nitrogens with one attached hydrogen (secondary N) is 1. The third kappa shape index (κ3) is 4.69. The van der Waals surface area contributed by atoms with Crippen molar-refractivity contribution in [1.82, 2.24) is 30.0 Å². The third-order valence-corrected chi connectivity index (χ3v) is 6.23. The number of amides is 2. The van der Waals surface area contributed by atoms with Gasteiger partial charge in [-0.15, -0.1) is 0 Å². The quantitative estimate of drug-likeness (QED) is 0.546. The first kappa shape index (κ1) is 21.8. The lowest BCUT2D eigenvalue weighted by Crippen LogP contribution is -2.37. The lowest BCUT2D eigenvalue weighted by molar-refractivity contribution is 0.197. The molecule has 5 rings (SSSR count). The molecule has 2 aromatic heterocycles. The summed E-state index contributed by atoms with van der Waals surface area (Å²) >= 11 is 12.9. The molecule has 0 atom stereocenters. The molecule has 11 heteroatoms. The average Bonchev–Trinajstić information content (AvgIpc) is 3.31. The number of carbonyl (C=O) groups is 1. The van der Waals surface area contributed by atoms with Gasteiger partial charge in [0.1, 0.15) is 12.4 Å². The van der Waals surface area contributed by atoms with Crippen LogP contribution in [-0.2, 0) is 19.6 Å². The van der Waals surface area contributed by atoms with Gasteiger partial charge in [0, 0.05) is 23.4 Å². The molecule has 3 aromatic rings. The van der Waals surface area contributed by atoms with E-state index in [0.717, 1.165) is 24.1 Å². The van der Waals surface area contributed by atoms with Crippen molar-refractivity contribution in [2.45, 2.75) is 45.4 Å². The fraction of sp³-hybridized carbons (Fsp3) is 0.364. The molecule has 0 saturated heterocycles. The van der Waals surface area contributed by atoms with Crippen LogP contribution in [0.25, 0.3) is 11.3 Å². The molecule has 1 fully saturated rings. The van der Waals surface area contributed by atoms with Crippen LogP contribution in [0.2, 0.25) is 10.0 Å². The molecule has 0 unspecified atom stereocenters. The van der Waals surface area contributed by atoms with Gasteiger partial charge in [0.05, 0.1) is 46.8 Å². The van der Waals surface area contributed by atoms with Gasteiger partial charge >= 0.3 is 6.03 Å². The van der Waals surface area contributed by atoms with Crippen LogP contribution in [-0.4, -0.2) is 43.3 Å². The highest BCUT2D eigenvalue weighted by Gasteiger charge is 2.32. The lowest BCUT2D eigenvalue weighted by Gasteiger charge is -2.16. The average molecular weight is 488 g/mol. The number of hydrogen-bond acceptors (Lipinski definition) is 6. The molecule has 3 N–H and O–H groups in total. The summed E-state index contributed by atoms with van der Waals surface area (Å²) in [5.74, 6) is 0.600. The number of benzene rings is 1. The molecule has 3 heterocycles. The second-order valence-corrected chi connectivity index (χ2v) is 9.08. The summed E-state index contributed by atoms with van der Waals surface area (Å²) in [7, 11) is 0. The Morgan fingerprint density at radius 2 is 2.06 bits per heavy atom. The highest BCUT2D eigenvalue weighted by molar-refractivity contribution is 6.37. The van der Waals surface area contributed by atoms with E-state index >= 15 is 0 Å². The van der Waals surface area contributed by atoms with E-state index < -0.39 is 0 Å². The van der Waals surface area contributed by atoms with Crippen molar-refractivity contribution in [3.05, 3.63) is 51.4 Å². The van der Waals surface area contributed by atoms with E-state index in [1.54, 1.807) is 21.7 Å². The molecule has 0 bridgehead atoms. The minimum Gasteiger partial charge on any atom is -0.490 e. The van der Waals surface area contributed by atoms with Crippen LogP contribution in [0.5, 0.6) is 5.75 Å². The minimum atomic E-state index is -0.111. The summed E-state index contributed by atoms with van der Waals surface area (Å²) in [4.78, 5) is 23.1. The Bertz CT molecular complexity index is 1230. The van der Waals surface area contributed by atoms with E-state index in [9.17, 15) is 4.79 Å². The van der Waals surface area contributed by atoms with E-state index in [-0.39, 0.29) is 18.0 Å². The Balaban J connectivity index is 1.40. The van der Waals surface area contributed by atoms with Crippen LogP contribution >= 0.6 is 23.2 Å². The summed E-state index contributed by atoms with van der Waals surface area (Å²) < 4.78 is 7.73. The second kappa shape index (κ2) is 8.72. The molecule has 2 amide bonds. The summed E-state index contributed by atoms with van der Waals surface area (Å²) in [5, 5.41) is 8.16. The third-order valence-electron chi connectivity index (χ3n) is 5.62. The number of fused-ring (bicyclic) bond motifs is 1. The topological polar surface area (TPSA) is 111 Å². The maximum atomic E-state index is 12.6. The SMILES string of the molecule is Cc1ccn(CCOc2cc(-c3nc(N)nc4c3CN(C(=O)NC3CC3)C4)c(Cl)cc2Cl)n1. The first-order valence-corrected chi connectivity index (χ1v) is 11.5. The van der Waals surface area contributed by atoms with Crippen LogP contribution in [0.3, 0.4) is 0 Å². The summed E-state index contributed by atoms with van der Waals surface area (Å²) in [6.45, 7) is 3.62. The van der Waals surface area contributed by atoms with E-state index in [2.05, 4.69) is 20.4 Å². The Kier molecular flexibility index (Phi) is 5.76. The smallest absolute Gasteiger partial charge is 0.318 e. The fourth-order valence-electron chi connectivity index (χ4n) is 3.79. The van der Waals surface area contributed by atoms with Crippen molar-refractivity contribution in [3.8, 4) is 17.0 Å². The maximum Gasteiger partial charge on any atom is 0.318 e. The van der Waals surface area contributed by atoms with Gasteiger partial charge in [0.15, 0.2) is 0 Å². The normalized spacial score (nSPS) is 14.9. The van der Waals surface area contributed by atoms with Crippen molar-refractivity contribution in [3.63, 3.8) is 0 Å². The van der Waals surface area contributed by atoms with Crippen LogP contribution in [0.1, 0.15) is 29.8 Å². The number of halogens is 2. The molecule has 2 aliphatic rings. The van der Waals surface area contributed by atoms with Crippen molar-refractivity contribution in [1.29, 1.82) is 0 Å². The van der Waals surface area contributed by atoms with Crippen molar-refractivity contribution >= 4 is 35.2 Å². The zero-order valence-corrected chi connectivity index (χ0v) is 19.5. The molecule has 172 valence electrons. The zero-order valence-electron chi connectivity index (χ0n) is 18.0. The molecule has 33 heavy (non-hydrogen) atoms. The van der Waals surface area contributed by atoms with Crippen molar-refractivity contribution in [2.24, 2.45) is 0 Å². The maximum absolute atomic E-state index is 12.6. The number of carbonyl (C=O) groups excluding carboxylic acids is 1. The highest BCUT2D eigenvalue weighted by Crippen LogP contribution is 2.40. The zero-order chi connectivity index (χ0) is 23.1. The number of nitrogen functional groups attached to an aromatic ring is 1. The Labute approximate surface area is 200 Å². The van der Waals surface area contributed by atoms with Gasteiger partial charge in [-0.1, -0.05) is 23.2 Å². The summed E-state index contributed by atoms with van der Waals surface area (Å²) in [6.07, 6.45) is 3.94. The molecule has 1 aliphatic heterocycles. The Morgan fingerprint density at radius 1 is 1.24 bits per heavy atom. The first-order valence-electron chi connectivity index (χ1n) is 10.7. The van der Waals surface area contributed by atoms with Gasteiger partial charge in [-0.2, -0.15) is 5.10 Å². The predicted molar refractivity (Wildman–Crippen MR) is 125 cm³/mol. The summed E-state index contributed by atoms with van der Waals surface area (Å²) in [6, 6.07) is 5.48. The van der Waals surface area contributed by atoms with Gasteiger partial charge in [0.25, 0.3) is 0 Å². The number of rotatable bonds is 6. The predicted octanol–water partition coefficient (Wildman–Crippen LogP) is 3.80. The Hall–Kier alpha value is -3.04. The molecular weight excluding hydrogens is 465 g/mol. The first-order chi connectivity index (χ1) is 15.9. The number of nitrogens with zero attached hydrogens (tertiary/aromatic N) is 5. The molecule has 0 spiro atoms. The lowest BCUT2D eigenvalue weighted by atomic mass is 10.1. The van der Waals surface area contributed by atoms with E-state index in [1.807, 2.05) is 19.2 Å². The molecule has 1 aliphatic carbocycles. The number of aromatic nitrogens is 4. The van der Waals surface area contributed by atoms with Crippen LogP contribution in [0.15, 0.2) is 24.4 Å². The van der Waals surface area contributed by atoms with Crippen LogP contribution in [0, 0.1) is 6.92 Å². The molecule has 9 nitrogen and oxygen atoms in total. The van der Waals surface area contributed by atoms with E-state index in [0.29, 0.717) is 59.0 Å². The summed E-state index contributed by atoms with van der Waals surface area (Å²) in [5.41, 5.74) is 9.67. The van der Waals surface area contributed by atoms with Gasteiger partial charge in [0.2, 0.25) is 5.95 Å².